The van der Waals surface area contributed by atoms with E-state index in [1.165, 1.54) is 0 Å². The van der Waals surface area contributed by atoms with Crippen molar-refractivity contribution in [2.24, 2.45) is 0 Å². The van der Waals surface area contributed by atoms with Crippen LogP contribution in [0.2, 0.25) is 10.0 Å². The summed E-state index contributed by atoms with van der Waals surface area (Å²) in [4.78, 5) is 0. The molecule has 0 bridgehead atoms. The predicted molar refractivity (Wildman–Crippen MR) is 122 cm³/mol. The van der Waals surface area contributed by atoms with Gasteiger partial charge in [-0.3, -0.25) is 0 Å². The molecule has 0 unspecified atom stereocenters. The van der Waals surface area contributed by atoms with Crippen molar-refractivity contribution in [1.29, 1.82) is 0 Å². The minimum absolute atomic E-state index is 0.359. The van der Waals surface area contributed by atoms with Gasteiger partial charge in [0.05, 0.1) is 22.8 Å². The number of aliphatic hydroxyl groups is 1. The first kappa shape index (κ1) is 22.4. The molecule has 0 amide bonds. The summed E-state index contributed by atoms with van der Waals surface area (Å²) in [5.41, 5.74) is 2.86. The number of halogens is 2. The summed E-state index contributed by atoms with van der Waals surface area (Å²) in [6.45, 7) is 3.90. The first-order valence-electron chi connectivity index (χ1n) is 9.83. The second kappa shape index (κ2) is 11.2. The zero-order chi connectivity index (χ0) is 21.3. The maximum atomic E-state index is 10.3. The Kier molecular flexibility index (Phi) is 8.40. The van der Waals surface area contributed by atoms with Crippen LogP contribution in [0.25, 0.3) is 0 Å². The summed E-state index contributed by atoms with van der Waals surface area (Å²) < 4.78 is 11.7. The molecular weight excluding hydrogens is 421 g/mol. The lowest BCUT2D eigenvalue weighted by atomic mass is 10.1. The molecule has 0 saturated heterocycles. The summed E-state index contributed by atoms with van der Waals surface area (Å²) in [6, 6.07) is 20.9. The predicted octanol–water partition coefficient (Wildman–Crippen LogP) is 5.79. The van der Waals surface area contributed by atoms with Crippen LogP contribution in [-0.4, -0.2) is 18.3 Å². The van der Waals surface area contributed by atoms with Crippen molar-refractivity contribution >= 4 is 23.2 Å². The monoisotopic (exact) mass is 445 g/mol. The number of hydrogen-bond donors (Lipinski definition) is 2. The van der Waals surface area contributed by atoms with E-state index in [9.17, 15) is 5.11 Å². The zero-order valence-electron chi connectivity index (χ0n) is 16.8. The highest BCUT2D eigenvalue weighted by Crippen LogP contribution is 2.30. The van der Waals surface area contributed by atoms with Gasteiger partial charge in [-0.05, 0) is 47.9 Å². The third kappa shape index (κ3) is 6.38. The number of rotatable bonds is 10. The van der Waals surface area contributed by atoms with E-state index in [2.05, 4.69) is 5.32 Å². The highest BCUT2D eigenvalue weighted by molar-refractivity contribution is 6.42. The Bertz CT molecular complexity index is 950. The highest BCUT2D eigenvalue weighted by atomic mass is 35.5. The van der Waals surface area contributed by atoms with E-state index in [0.29, 0.717) is 47.8 Å². The highest BCUT2D eigenvalue weighted by Gasteiger charge is 2.10. The molecule has 1 atom stereocenters. The molecule has 0 heterocycles. The maximum absolute atomic E-state index is 10.3. The molecular formula is C24H25Cl2NO3. The van der Waals surface area contributed by atoms with Crippen molar-refractivity contribution in [3.05, 3.63) is 93.5 Å². The molecule has 3 aromatic carbocycles. The van der Waals surface area contributed by atoms with E-state index in [-0.39, 0.29) is 0 Å². The molecule has 0 spiro atoms. The number of ether oxygens (including phenoxy) is 2. The van der Waals surface area contributed by atoms with Crippen LogP contribution in [-0.2, 0) is 13.2 Å². The Hall–Kier alpha value is -2.24. The molecule has 0 aliphatic rings. The van der Waals surface area contributed by atoms with E-state index < -0.39 is 6.10 Å². The van der Waals surface area contributed by atoms with Gasteiger partial charge in [0.15, 0.2) is 11.5 Å². The fraction of sp³-hybridized carbons (Fsp3) is 0.250. The van der Waals surface area contributed by atoms with E-state index in [0.717, 1.165) is 16.7 Å². The van der Waals surface area contributed by atoms with Crippen LogP contribution in [0.5, 0.6) is 11.5 Å². The summed E-state index contributed by atoms with van der Waals surface area (Å²) in [5.74, 6) is 1.34. The SMILES string of the molecule is CCOc1cc(CNC[C@@H](O)c2ccccc2)ccc1OCc1ccc(Cl)c(Cl)c1. The molecule has 0 aliphatic heterocycles. The zero-order valence-corrected chi connectivity index (χ0v) is 18.3. The molecule has 6 heteroatoms. The fourth-order valence-corrected chi connectivity index (χ4v) is 3.31. The Morgan fingerprint density at radius 2 is 1.63 bits per heavy atom. The summed E-state index contributed by atoms with van der Waals surface area (Å²) >= 11 is 12.0. The Labute approximate surface area is 187 Å². The maximum Gasteiger partial charge on any atom is 0.161 e. The van der Waals surface area contributed by atoms with Gasteiger partial charge in [0.25, 0.3) is 0 Å². The van der Waals surface area contributed by atoms with Crippen molar-refractivity contribution in [1.82, 2.24) is 5.32 Å². The number of hydrogen-bond acceptors (Lipinski definition) is 4. The summed E-state index contributed by atoms with van der Waals surface area (Å²) in [7, 11) is 0. The Balaban J connectivity index is 1.59. The van der Waals surface area contributed by atoms with Crippen molar-refractivity contribution in [3.63, 3.8) is 0 Å². The number of benzene rings is 3. The van der Waals surface area contributed by atoms with Crippen molar-refractivity contribution < 1.29 is 14.6 Å². The minimum atomic E-state index is -0.550. The first-order valence-corrected chi connectivity index (χ1v) is 10.6. The van der Waals surface area contributed by atoms with E-state index in [1.54, 1.807) is 12.1 Å². The third-order valence-electron chi connectivity index (χ3n) is 4.54. The topological polar surface area (TPSA) is 50.7 Å². The average Bonchev–Trinajstić information content (AvgIpc) is 2.76. The number of nitrogens with one attached hydrogen (secondary N) is 1. The van der Waals surface area contributed by atoms with Gasteiger partial charge in [-0.2, -0.15) is 0 Å². The summed E-state index contributed by atoms with van der Waals surface area (Å²) in [5, 5.41) is 14.6. The van der Waals surface area contributed by atoms with Gasteiger partial charge >= 0.3 is 0 Å². The van der Waals surface area contributed by atoms with Gasteiger partial charge in [-0.1, -0.05) is 65.7 Å². The second-order valence-corrected chi connectivity index (χ2v) is 7.62. The standard InChI is InChI=1S/C24H25Cl2NO3/c1-2-29-24-13-17(14-27-15-22(28)19-6-4-3-5-7-19)9-11-23(24)30-16-18-8-10-20(25)21(26)12-18/h3-13,22,27-28H,2,14-16H2,1H3/t22-/m1/s1. The van der Waals surface area contributed by atoms with Crippen LogP contribution in [0.3, 0.4) is 0 Å². The molecule has 4 nitrogen and oxygen atoms in total. The fourth-order valence-electron chi connectivity index (χ4n) is 2.99. The van der Waals surface area contributed by atoms with Crippen molar-refractivity contribution in [2.45, 2.75) is 26.2 Å². The quantitative estimate of drug-likeness (QED) is 0.414. The molecule has 0 aromatic heterocycles. The average molecular weight is 446 g/mol. The van der Waals surface area contributed by atoms with Crippen LogP contribution >= 0.6 is 23.2 Å². The van der Waals surface area contributed by atoms with Crippen molar-refractivity contribution in [2.75, 3.05) is 13.2 Å². The lowest BCUT2D eigenvalue weighted by Gasteiger charge is -2.15. The van der Waals surface area contributed by atoms with Crippen LogP contribution in [0.1, 0.15) is 29.7 Å². The molecule has 0 radical (unpaired) electrons. The molecule has 3 rings (SSSR count). The van der Waals surface area contributed by atoms with Gasteiger partial charge in [0, 0.05) is 13.1 Å². The lowest BCUT2D eigenvalue weighted by Crippen LogP contribution is -2.21. The van der Waals surface area contributed by atoms with Gasteiger partial charge in [0.1, 0.15) is 6.61 Å². The minimum Gasteiger partial charge on any atom is -0.490 e. The van der Waals surface area contributed by atoms with Crippen LogP contribution in [0.4, 0.5) is 0 Å². The molecule has 30 heavy (non-hydrogen) atoms. The Morgan fingerprint density at radius 1 is 0.867 bits per heavy atom. The van der Waals surface area contributed by atoms with Crippen LogP contribution < -0.4 is 14.8 Å². The van der Waals surface area contributed by atoms with E-state index in [1.807, 2.05) is 61.5 Å². The lowest BCUT2D eigenvalue weighted by molar-refractivity contribution is 0.174. The smallest absolute Gasteiger partial charge is 0.161 e. The van der Waals surface area contributed by atoms with E-state index >= 15 is 0 Å². The van der Waals surface area contributed by atoms with Crippen LogP contribution in [0, 0.1) is 0 Å². The normalized spacial score (nSPS) is 11.9. The van der Waals surface area contributed by atoms with E-state index in [4.69, 9.17) is 32.7 Å². The molecule has 3 aromatic rings. The molecule has 0 saturated carbocycles. The number of aliphatic hydroxyl groups excluding tert-OH is 1. The van der Waals surface area contributed by atoms with Gasteiger partial charge in [0.2, 0.25) is 0 Å². The molecule has 0 aliphatic carbocycles. The van der Waals surface area contributed by atoms with Gasteiger partial charge in [-0.15, -0.1) is 0 Å². The molecule has 158 valence electrons. The Morgan fingerprint density at radius 3 is 2.37 bits per heavy atom. The third-order valence-corrected chi connectivity index (χ3v) is 5.28. The summed E-state index contributed by atoms with van der Waals surface area (Å²) in [6.07, 6.45) is -0.550. The molecule has 2 N–H and O–H groups in total. The first-order chi connectivity index (χ1) is 14.6. The largest absolute Gasteiger partial charge is 0.490 e. The van der Waals surface area contributed by atoms with Gasteiger partial charge < -0.3 is 19.9 Å². The molecule has 0 fully saturated rings. The van der Waals surface area contributed by atoms with Crippen LogP contribution in [0.15, 0.2) is 66.7 Å². The second-order valence-electron chi connectivity index (χ2n) is 6.81. The van der Waals surface area contributed by atoms with Crippen molar-refractivity contribution in [3.8, 4) is 11.5 Å². The van der Waals surface area contributed by atoms with Gasteiger partial charge in [-0.25, -0.2) is 0 Å².